The third kappa shape index (κ3) is 3.74. The van der Waals surface area contributed by atoms with Crippen LogP contribution in [0.2, 0.25) is 0 Å². The van der Waals surface area contributed by atoms with Gasteiger partial charge in [-0.1, -0.05) is 54.3 Å². The van der Waals surface area contributed by atoms with Crippen LogP contribution in [0.1, 0.15) is 25.3 Å². The molecular formula is C21H21NO3S2. The van der Waals surface area contributed by atoms with Gasteiger partial charge in [0.15, 0.2) is 0 Å². The Balaban J connectivity index is 1.69. The van der Waals surface area contributed by atoms with Crippen LogP contribution in [-0.4, -0.2) is 41.0 Å². The predicted octanol–water partition coefficient (Wildman–Crippen LogP) is 4.62. The lowest BCUT2D eigenvalue weighted by Crippen LogP contribution is -2.35. The van der Waals surface area contributed by atoms with Gasteiger partial charge in [0.2, 0.25) is 0 Å². The minimum atomic E-state index is -0.0455. The maximum atomic E-state index is 13.0. The second-order valence-corrected chi connectivity index (χ2v) is 8.23. The van der Waals surface area contributed by atoms with Gasteiger partial charge in [0, 0.05) is 12.2 Å². The number of hydrogen-bond acceptors (Lipinski definition) is 5. The molecule has 0 N–H and O–H groups in total. The summed E-state index contributed by atoms with van der Waals surface area (Å²) in [6.45, 7) is 3.83. The highest BCUT2D eigenvalue weighted by Gasteiger charge is 2.34. The summed E-state index contributed by atoms with van der Waals surface area (Å²) in [6.07, 6.45) is 4.03. The van der Waals surface area contributed by atoms with Gasteiger partial charge in [-0.05, 0) is 42.7 Å². The lowest BCUT2D eigenvalue weighted by molar-refractivity contribution is -0.123. The number of thiocarbonyl (C=S) groups is 1. The topological polar surface area (TPSA) is 38.8 Å². The summed E-state index contributed by atoms with van der Waals surface area (Å²) in [5.41, 5.74) is 0.924. The minimum Gasteiger partial charge on any atom is -0.493 e. The maximum absolute atomic E-state index is 13.0. The molecule has 140 valence electrons. The number of thioether (sulfide) groups is 1. The lowest BCUT2D eigenvalue weighted by atomic mass is 10.0. The van der Waals surface area contributed by atoms with Crippen molar-refractivity contribution in [2.24, 2.45) is 0 Å². The van der Waals surface area contributed by atoms with Gasteiger partial charge in [0.1, 0.15) is 10.1 Å². The van der Waals surface area contributed by atoms with Crippen LogP contribution in [0.25, 0.3) is 16.8 Å². The summed E-state index contributed by atoms with van der Waals surface area (Å²) in [5.74, 6) is 0.733. The zero-order valence-corrected chi connectivity index (χ0v) is 16.8. The van der Waals surface area contributed by atoms with Crippen molar-refractivity contribution < 1.29 is 14.3 Å². The second-order valence-electron chi connectivity index (χ2n) is 6.56. The van der Waals surface area contributed by atoms with Gasteiger partial charge in [-0.25, -0.2) is 0 Å². The van der Waals surface area contributed by atoms with Crippen LogP contribution in [-0.2, 0) is 9.53 Å². The Morgan fingerprint density at radius 2 is 2.19 bits per heavy atom. The monoisotopic (exact) mass is 399 g/mol. The fraction of sp³-hybridized carbons (Fsp3) is 0.333. The van der Waals surface area contributed by atoms with Gasteiger partial charge in [-0.2, -0.15) is 0 Å². The second kappa shape index (κ2) is 8.00. The van der Waals surface area contributed by atoms with Crippen LogP contribution in [0.4, 0.5) is 0 Å². The maximum Gasteiger partial charge on any atom is 0.266 e. The first kappa shape index (κ1) is 18.5. The highest BCUT2D eigenvalue weighted by molar-refractivity contribution is 8.26. The largest absolute Gasteiger partial charge is 0.493 e. The Morgan fingerprint density at radius 3 is 2.96 bits per heavy atom. The third-order valence-electron chi connectivity index (χ3n) is 4.79. The molecule has 1 atom stereocenters. The molecule has 0 aromatic heterocycles. The Kier molecular flexibility index (Phi) is 5.48. The van der Waals surface area contributed by atoms with Crippen LogP contribution < -0.4 is 4.74 Å². The van der Waals surface area contributed by atoms with Crippen LogP contribution >= 0.6 is 24.0 Å². The van der Waals surface area contributed by atoms with Gasteiger partial charge in [0.25, 0.3) is 5.91 Å². The normalized spacial score (nSPS) is 21.6. The number of benzene rings is 2. The average Bonchev–Trinajstić information content (AvgIpc) is 3.28. The standard InChI is InChI=1S/C21H21NO3S2/c1-2-24-18-10-9-14-6-3-4-8-16(14)17(18)12-19-20(23)22(21(26)27-19)13-15-7-5-11-25-15/h3-4,6,8-10,12,15H,2,5,7,11,13H2,1H3/b19-12-/t15-/m1/s1. The van der Waals surface area contributed by atoms with Crippen LogP contribution in [0.15, 0.2) is 41.3 Å². The molecule has 2 aromatic carbocycles. The van der Waals surface area contributed by atoms with Gasteiger partial charge in [0.05, 0.1) is 24.2 Å². The molecule has 4 nitrogen and oxygen atoms in total. The summed E-state index contributed by atoms with van der Waals surface area (Å²) in [4.78, 5) is 15.3. The van der Waals surface area contributed by atoms with Crippen molar-refractivity contribution in [2.45, 2.75) is 25.9 Å². The van der Waals surface area contributed by atoms with Crippen molar-refractivity contribution in [3.63, 3.8) is 0 Å². The Morgan fingerprint density at radius 1 is 1.33 bits per heavy atom. The minimum absolute atomic E-state index is 0.0455. The van der Waals surface area contributed by atoms with E-state index in [1.54, 1.807) is 4.90 Å². The summed E-state index contributed by atoms with van der Waals surface area (Å²) in [7, 11) is 0. The van der Waals surface area contributed by atoms with Gasteiger partial charge in [-0.3, -0.25) is 9.69 Å². The number of rotatable bonds is 5. The Labute approximate surface area is 168 Å². The molecule has 2 heterocycles. The van der Waals surface area contributed by atoms with E-state index in [2.05, 4.69) is 12.1 Å². The number of carbonyl (C=O) groups excluding carboxylic acids is 1. The summed E-state index contributed by atoms with van der Waals surface area (Å²) in [5, 5.41) is 2.18. The highest BCUT2D eigenvalue weighted by atomic mass is 32.2. The number of fused-ring (bicyclic) bond motifs is 1. The number of hydrogen-bond donors (Lipinski definition) is 0. The van der Waals surface area contributed by atoms with Crippen molar-refractivity contribution in [3.8, 4) is 5.75 Å². The molecule has 6 heteroatoms. The van der Waals surface area contributed by atoms with Crippen molar-refractivity contribution in [1.29, 1.82) is 0 Å². The molecule has 0 spiro atoms. The molecule has 2 saturated heterocycles. The van der Waals surface area contributed by atoms with Crippen LogP contribution in [0, 0.1) is 0 Å². The van der Waals surface area contributed by atoms with E-state index >= 15 is 0 Å². The number of amides is 1. The fourth-order valence-corrected chi connectivity index (χ4v) is 4.74. The van der Waals surface area contributed by atoms with Gasteiger partial charge >= 0.3 is 0 Å². The lowest BCUT2D eigenvalue weighted by Gasteiger charge is -2.18. The zero-order valence-electron chi connectivity index (χ0n) is 15.1. The molecular weight excluding hydrogens is 378 g/mol. The molecule has 0 bridgehead atoms. The molecule has 0 radical (unpaired) electrons. The molecule has 2 fully saturated rings. The molecule has 0 aliphatic carbocycles. The van der Waals surface area contributed by atoms with E-state index in [-0.39, 0.29) is 12.0 Å². The smallest absolute Gasteiger partial charge is 0.266 e. The summed E-state index contributed by atoms with van der Waals surface area (Å²) < 4.78 is 12.1. The van der Waals surface area contributed by atoms with Crippen molar-refractivity contribution in [3.05, 3.63) is 46.9 Å². The van der Waals surface area contributed by atoms with E-state index in [4.69, 9.17) is 21.7 Å². The van der Waals surface area contributed by atoms with E-state index in [9.17, 15) is 4.79 Å². The highest BCUT2D eigenvalue weighted by Crippen LogP contribution is 2.37. The molecule has 0 unspecified atom stereocenters. The summed E-state index contributed by atoms with van der Waals surface area (Å²) >= 11 is 6.82. The Bertz CT molecular complexity index is 919. The SMILES string of the molecule is CCOc1ccc2ccccc2c1/C=C1\SC(=S)N(C[C@H]2CCCO2)C1=O. The first-order valence-electron chi connectivity index (χ1n) is 9.19. The van der Waals surface area contributed by atoms with Crippen molar-refractivity contribution >= 4 is 51.1 Å². The molecule has 4 rings (SSSR count). The quantitative estimate of drug-likeness (QED) is 0.542. The van der Waals surface area contributed by atoms with Gasteiger partial charge < -0.3 is 9.47 Å². The molecule has 2 aromatic rings. The van der Waals surface area contributed by atoms with E-state index in [0.717, 1.165) is 41.5 Å². The fourth-order valence-electron chi connectivity index (χ4n) is 3.49. The molecule has 1 amide bonds. The molecule has 27 heavy (non-hydrogen) atoms. The zero-order chi connectivity index (χ0) is 18.8. The van der Waals surface area contributed by atoms with Crippen LogP contribution in [0.3, 0.4) is 0 Å². The summed E-state index contributed by atoms with van der Waals surface area (Å²) in [6, 6.07) is 12.1. The van der Waals surface area contributed by atoms with E-state index in [1.165, 1.54) is 11.8 Å². The number of ether oxygens (including phenoxy) is 2. The van der Waals surface area contributed by atoms with E-state index in [1.807, 2.05) is 37.3 Å². The third-order valence-corrected chi connectivity index (χ3v) is 6.17. The predicted molar refractivity (Wildman–Crippen MR) is 114 cm³/mol. The molecule has 2 aliphatic rings. The van der Waals surface area contributed by atoms with Crippen molar-refractivity contribution in [1.82, 2.24) is 4.90 Å². The van der Waals surface area contributed by atoms with Crippen molar-refractivity contribution in [2.75, 3.05) is 19.8 Å². The van der Waals surface area contributed by atoms with E-state index < -0.39 is 0 Å². The molecule has 0 saturated carbocycles. The first-order valence-corrected chi connectivity index (χ1v) is 10.4. The van der Waals surface area contributed by atoms with Gasteiger partial charge in [-0.15, -0.1) is 0 Å². The number of carbonyl (C=O) groups is 1. The first-order chi connectivity index (χ1) is 13.2. The number of nitrogens with zero attached hydrogens (tertiary/aromatic N) is 1. The average molecular weight is 400 g/mol. The van der Waals surface area contributed by atoms with E-state index in [0.29, 0.717) is 22.4 Å². The Hall–Kier alpha value is -1.89. The molecule has 2 aliphatic heterocycles. The van der Waals surface area contributed by atoms with Crippen LogP contribution in [0.5, 0.6) is 5.75 Å².